The molecule has 208 valence electrons. The fourth-order valence-corrected chi connectivity index (χ4v) is 5.13. The number of nitrogens with one attached hydrogen (secondary N) is 1. The third-order valence-corrected chi connectivity index (χ3v) is 7.38. The molecule has 1 aliphatic rings. The van der Waals surface area contributed by atoms with Crippen molar-refractivity contribution < 1.29 is 28.6 Å². The van der Waals surface area contributed by atoms with Crippen LogP contribution in [0.2, 0.25) is 0 Å². The largest absolute Gasteiger partial charge is 0.493 e. The molecule has 0 bridgehead atoms. The molecule has 0 spiro atoms. The Kier molecular flexibility index (Phi) is 11.8. The van der Waals surface area contributed by atoms with E-state index >= 15 is 0 Å². The first-order valence-corrected chi connectivity index (χ1v) is 14.1. The van der Waals surface area contributed by atoms with Crippen LogP contribution < -0.4 is 14.8 Å². The van der Waals surface area contributed by atoms with Gasteiger partial charge >= 0.3 is 5.97 Å². The van der Waals surface area contributed by atoms with E-state index in [0.29, 0.717) is 58.0 Å². The smallest absolute Gasteiger partial charge is 0.338 e. The Hall–Kier alpha value is -3.37. The first-order valence-electron chi connectivity index (χ1n) is 12.9. The topological polar surface area (TPSA) is 94.2 Å². The summed E-state index contributed by atoms with van der Waals surface area (Å²) >= 11 is 6.71. The molecular weight excluding hydrogens is 536 g/mol. The van der Waals surface area contributed by atoms with Gasteiger partial charge in [-0.1, -0.05) is 49.8 Å². The summed E-state index contributed by atoms with van der Waals surface area (Å²) in [4.78, 5) is 39.4. The summed E-state index contributed by atoms with van der Waals surface area (Å²) in [5, 5.41) is 2.85. The number of thiocarbonyl (C=S) groups is 1. The second-order valence-corrected chi connectivity index (χ2v) is 10.5. The summed E-state index contributed by atoms with van der Waals surface area (Å²) < 4.78 is 16.3. The summed E-state index contributed by atoms with van der Waals surface area (Å²) in [6.45, 7) is 2.94. The maximum Gasteiger partial charge on any atom is 0.338 e. The number of ether oxygens (including phenoxy) is 3. The molecule has 1 aliphatic heterocycles. The number of methoxy groups -OCH3 is 2. The molecule has 0 saturated carbocycles. The highest BCUT2D eigenvalue weighted by atomic mass is 32.2. The van der Waals surface area contributed by atoms with Crippen molar-refractivity contribution in [3.8, 4) is 11.5 Å². The van der Waals surface area contributed by atoms with Gasteiger partial charge in [0.1, 0.15) is 4.32 Å². The van der Waals surface area contributed by atoms with Gasteiger partial charge in [0, 0.05) is 18.7 Å². The van der Waals surface area contributed by atoms with Gasteiger partial charge in [0.25, 0.3) is 5.91 Å². The van der Waals surface area contributed by atoms with E-state index in [1.807, 2.05) is 19.1 Å². The standard InChI is InChI=1S/C29H34N2O6S2/c1-4-5-17-37-28(34)21-11-13-22(14-12-21)30-26(32)9-7-6-8-16-31-27(33)25(39-29(31)38)19-20-10-15-23(35-2)24(18-20)36-3/h10-15,18-19H,4-9,16-17H2,1-3H3,(H,30,32)/b25-19-. The summed E-state index contributed by atoms with van der Waals surface area (Å²) in [6, 6.07) is 12.1. The SMILES string of the molecule is CCCCOC(=O)c1ccc(NC(=O)CCCCCN2C(=O)/C(=C/c3ccc(OC)c(OC)c3)SC2=S)cc1. The number of benzene rings is 2. The molecule has 0 aromatic heterocycles. The summed E-state index contributed by atoms with van der Waals surface area (Å²) in [7, 11) is 3.14. The molecule has 1 fully saturated rings. The van der Waals surface area contributed by atoms with E-state index in [-0.39, 0.29) is 17.8 Å². The number of carbonyl (C=O) groups is 3. The van der Waals surface area contributed by atoms with E-state index in [0.717, 1.165) is 31.2 Å². The number of amides is 2. The van der Waals surface area contributed by atoms with Crippen molar-refractivity contribution in [1.29, 1.82) is 0 Å². The van der Waals surface area contributed by atoms with Gasteiger partial charge in [-0.2, -0.15) is 0 Å². The van der Waals surface area contributed by atoms with E-state index in [2.05, 4.69) is 5.32 Å². The van der Waals surface area contributed by atoms with Crippen LogP contribution in [0.5, 0.6) is 11.5 Å². The number of rotatable bonds is 14. The van der Waals surface area contributed by atoms with Crippen LogP contribution >= 0.6 is 24.0 Å². The Morgan fingerprint density at radius 1 is 1.00 bits per heavy atom. The summed E-state index contributed by atoms with van der Waals surface area (Å²) in [5.41, 5.74) is 1.91. The molecule has 0 unspecified atom stereocenters. The van der Waals surface area contributed by atoms with Gasteiger partial charge in [0.15, 0.2) is 11.5 Å². The Balaban J connectivity index is 1.40. The first-order chi connectivity index (χ1) is 18.9. The lowest BCUT2D eigenvalue weighted by Gasteiger charge is -2.14. The van der Waals surface area contributed by atoms with Crippen LogP contribution in [0, 0.1) is 0 Å². The lowest BCUT2D eigenvalue weighted by atomic mass is 10.1. The monoisotopic (exact) mass is 570 g/mol. The lowest BCUT2D eigenvalue weighted by Crippen LogP contribution is -2.29. The van der Waals surface area contributed by atoms with Gasteiger partial charge in [-0.05, 0) is 67.3 Å². The van der Waals surface area contributed by atoms with Crippen molar-refractivity contribution in [2.24, 2.45) is 0 Å². The van der Waals surface area contributed by atoms with E-state index in [9.17, 15) is 14.4 Å². The number of hydrogen-bond donors (Lipinski definition) is 1. The minimum atomic E-state index is -0.362. The predicted molar refractivity (Wildman–Crippen MR) is 158 cm³/mol. The van der Waals surface area contributed by atoms with Gasteiger partial charge in [-0.3, -0.25) is 14.5 Å². The molecule has 0 aliphatic carbocycles. The third-order valence-electron chi connectivity index (χ3n) is 6.00. The van der Waals surface area contributed by atoms with Gasteiger partial charge in [-0.15, -0.1) is 0 Å². The third kappa shape index (κ3) is 8.83. The molecule has 1 N–H and O–H groups in total. The van der Waals surface area contributed by atoms with Crippen LogP contribution in [-0.4, -0.2) is 54.4 Å². The van der Waals surface area contributed by atoms with Crippen molar-refractivity contribution in [2.45, 2.75) is 45.4 Å². The second kappa shape index (κ2) is 15.3. The van der Waals surface area contributed by atoms with Crippen LogP contribution in [0.1, 0.15) is 61.4 Å². The van der Waals surface area contributed by atoms with Gasteiger partial charge in [-0.25, -0.2) is 4.79 Å². The van der Waals surface area contributed by atoms with Crippen molar-refractivity contribution in [1.82, 2.24) is 4.90 Å². The number of unbranched alkanes of at least 4 members (excludes halogenated alkanes) is 3. The van der Waals surface area contributed by atoms with Gasteiger partial charge in [0.2, 0.25) is 5.91 Å². The molecule has 39 heavy (non-hydrogen) atoms. The Bertz CT molecular complexity index is 1210. The molecule has 0 atom stereocenters. The fourth-order valence-electron chi connectivity index (χ4n) is 3.82. The van der Waals surface area contributed by atoms with Crippen molar-refractivity contribution >= 4 is 57.8 Å². The van der Waals surface area contributed by atoms with Gasteiger partial charge in [0.05, 0.1) is 31.3 Å². The van der Waals surface area contributed by atoms with Crippen LogP contribution in [0.4, 0.5) is 5.69 Å². The van der Waals surface area contributed by atoms with Crippen molar-refractivity contribution in [3.63, 3.8) is 0 Å². The van der Waals surface area contributed by atoms with Crippen molar-refractivity contribution in [3.05, 3.63) is 58.5 Å². The number of carbonyl (C=O) groups excluding carboxylic acids is 3. The highest BCUT2D eigenvalue weighted by molar-refractivity contribution is 8.26. The Labute approximate surface area is 239 Å². The van der Waals surface area contributed by atoms with Crippen LogP contribution in [-0.2, 0) is 14.3 Å². The Morgan fingerprint density at radius 3 is 2.44 bits per heavy atom. The quantitative estimate of drug-likeness (QED) is 0.127. The zero-order chi connectivity index (χ0) is 28.2. The minimum absolute atomic E-state index is 0.100. The molecule has 2 aromatic carbocycles. The molecule has 2 amide bonds. The fraction of sp³-hybridized carbons (Fsp3) is 0.379. The van der Waals surface area contributed by atoms with E-state index < -0.39 is 0 Å². The molecule has 8 nitrogen and oxygen atoms in total. The molecular formula is C29H34N2O6S2. The molecule has 3 rings (SSSR count). The number of anilines is 1. The lowest BCUT2D eigenvalue weighted by molar-refractivity contribution is -0.122. The van der Waals surface area contributed by atoms with Crippen LogP contribution in [0.15, 0.2) is 47.4 Å². The first kappa shape index (κ1) is 30.2. The normalized spacial score (nSPS) is 14.0. The van der Waals surface area contributed by atoms with E-state index in [1.165, 1.54) is 11.8 Å². The highest BCUT2D eigenvalue weighted by Gasteiger charge is 2.31. The molecule has 0 radical (unpaired) electrons. The van der Waals surface area contributed by atoms with Gasteiger partial charge < -0.3 is 19.5 Å². The number of hydrogen-bond acceptors (Lipinski definition) is 8. The maximum absolute atomic E-state index is 12.9. The van der Waals surface area contributed by atoms with Crippen LogP contribution in [0.3, 0.4) is 0 Å². The number of esters is 1. The van der Waals surface area contributed by atoms with Crippen LogP contribution in [0.25, 0.3) is 6.08 Å². The second-order valence-electron chi connectivity index (χ2n) is 8.87. The highest BCUT2D eigenvalue weighted by Crippen LogP contribution is 2.34. The van der Waals surface area contributed by atoms with E-state index in [4.69, 9.17) is 26.4 Å². The minimum Gasteiger partial charge on any atom is -0.493 e. The molecule has 2 aromatic rings. The van der Waals surface area contributed by atoms with Crippen molar-refractivity contribution in [2.75, 3.05) is 32.7 Å². The molecule has 1 saturated heterocycles. The molecule has 10 heteroatoms. The van der Waals surface area contributed by atoms with E-state index in [1.54, 1.807) is 55.5 Å². The maximum atomic E-state index is 12.9. The molecule has 1 heterocycles. The number of nitrogens with zero attached hydrogens (tertiary/aromatic N) is 1. The summed E-state index contributed by atoms with van der Waals surface area (Å²) in [5.74, 6) is 0.630. The Morgan fingerprint density at radius 2 is 1.74 bits per heavy atom. The summed E-state index contributed by atoms with van der Waals surface area (Å²) in [6.07, 6.45) is 6.15. The number of thioether (sulfide) groups is 1. The zero-order valence-corrected chi connectivity index (χ0v) is 24.1. The average molecular weight is 571 g/mol. The zero-order valence-electron chi connectivity index (χ0n) is 22.5. The average Bonchev–Trinajstić information content (AvgIpc) is 3.20. The predicted octanol–water partition coefficient (Wildman–Crippen LogP) is 6.06.